The van der Waals surface area contributed by atoms with Crippen molar-refractivity contribution in [2.24, 2.45) is 0 Å². The maximum atomic E-state index is 6.30. The van der Waals surface area contributed by atoms with Gasteiger partial charge in [0, 0.05) is 34.4 Å². The summed E-state index contributed by atoms with van der Waals surface area (Å²) >= 11 is 0. The second-order valence-corrected chi connectivity index (χ2v) is 13.7. The van der Waals surface area contributed by atoms with Crippen molar-refractivity contribution in [1.82, 2.24) is 0 Å². The monoisotopic (exact) mass is 665 g/mol. The number of hydrogen-bond acceptors (Lipinski definition) is 2. The van der Waals surface area contributed by atoms with E-state index in [0.717, 1.165) is 41.2 Å². The molecule has 0 unspecified atom stereocenters. The van der Waals surface area contributed by atoms with E-state index in [9.17, 15) is 0 Å². The molecule has 52 heavy (non-hydrogen) atoms. The minimum Gasteiger partial charge on any atom is -0.460 e. The molecule has 1 aliphatic carbocycles. The Balaban J connectivity index is 1.04. The van der Waals surface area contributed by atoms with Crippen molar-refractivity contribution < 1.29 is 4.42 Å². The quantitative estimate of drug-likeness (QED) is 0.176. The van der Waals surface area contributed by atoms with Gasteiger partial charge in [-0.25, -0.2) is 0 Å². The number of rotatable bonds is 6. The Labute approximate surface area is 303 Å². The molecule has 246 valence electrons. The van der Waals surface area contributed by atoms with Crippen LogP contribution in [-0.4, -0.2) is 0 Å². The first-order valence-corrected chi connectivity index (χ1v) is 18.0. The van der Waals surface area contributed by atoms with Gasteiger partial charge in [-0.3, -0.25) is 0 Å². The van der Waals surface area contributed by atoms with Gasteiger partial charge in [0.25, 0.3) is 0 Å². The zero-order valence-corrected chi connectivity index (χ0v) is 28.7. The van der Waals surface area contributed by atoms with Crippen molar-refractivity contribution in [3.63, 3.8) is 0 Å². The average molecular weight is 666 g/mol. The van der Waals surface area contributed by atoms with Crippen molar-refractivity contribution in [3.8, 4) is 44.5 Å². The lowest BCUT2D eigenvalue weighted by molar-refractivity contribution is 0.546. The van der Waals surface area contributed by atoms with Crippen LogP contribution in [0.4, 0.5) is 17.1 Å². The molecule has 1 aliphatic rings. The van der Waals surface area contributed by atoms with E-state index in [1.54, 1.807) is 0 Å². The Morgan fingerprint density at radius 3 is 1.79 bits per heavy atom. The summed E-state index contributed by atoms with van der Waals surface area (Å²) in [6, 6.07) is 68.0. The molecule has 2 nitrogen and oxygen atoms in total. The minimum atomic E-state index is 0.940. The van der Waals surface area contributed by atoms with Crippen LogP contribution in [0.5, 0.6) is 0 Å². The molecule has 0 saturated heterocycles. The molecule has 0 fully saturated rings. The molecule has 1 aromatic heterocycles. The van der Waals surface area contributed by atoms with Gasteiger partial charge in [0.15, 0.2) is 0 Å². The molecule has 8 aromatic carbocycles. The van der Waals surface area contributed by atoms with Crippen LogP contribution in [0.25, 0.3) is 66.2 Å². The largest absolute Gasteiger partial charge is 0.460 e. The number of anilines is 3. The molecule has 0 N–H and O–H groups in total. The number of nitrogens with zero attached hydrogens (tertiary/aromatic N) is 1. The van der Waals surface area contributed by atoms with Crippen molar-refractivity contribution in [2.45, 2.75) is 12.8 Å². The number of furan rings is 1. The van der Waals surface area contributed by atoms with E-state index in [0.29, 0.717) is 0 Å². The summed E-state index contributed by atoms with van der Waals surface area (Å²) in [6.07, 6.45) is 1.94. The molecule has 0 atom stereocenters. The van der Waals surface area contributed by atoms with Gasteiger partial charge in [-0.1, -0.05) is 133 Å². The van der Waals surface area contributed by atoms with E-state index < -0.39 is 0 Å². The average Bonchev–Trinajstić information content (AvgIpc) is 3.61. The van der Waals surface area contributed by atoms with Crippen LogP contribution in [0.2, 0.25) is 0 Å². The molecule has 2 heteroatoms. The Morgan fingerprint density at radius 1 is 0.385 bits per heavy atom. The standard InChI is InChI=1S/C50H35NO/c1-2-9-34(10-3-1)36-21-26-43(27-22-36)51(45-14-8-13-40(32-45)41-19-17-35-11-4-5-12-39(35)31-41)44-28-23-37(24-29-44)42-20-18-38-25-30-49-50(47(38)33-42)46-15-6-7-16-48(46)52-49/h1-24,26-29,31-33H,25,30H2. The van der Waals surface area contributed by atoms with Crippen LogP contribution < -0.4 is 4.90 Å². The van der Waals surface area contributed by atoms with E-state index in [-0.39, 0.29) is 0 Å². The topological polar surface area (TPSA) is 16.4 Å². The first-order valence-electron chi connectivity index (χ1n) is 18.0. The number of hydrogen-bond donors (Lipinski definition) is 0. The third-order valence-corrected chi connectivity index (χ3v) is 10.5. The van der Waals surface area contributed by atoms with Crippen LogP contribution in [0.15, 0.2) is 192 Å². The van der Waals surface area contributed by atoms with Crippen LogP contribution >= 0.6 is 0 Å². The Morgan fingerprint density at radius 2 is 0.981 bits per heavy atom. The molecule has 0 spiro atoms. The smallest absolute Gasteiger partial charge is 0.134 e. The summed E-state index contributed by atoms with van der Waals surface area (Å²) in [6.45, 7) is 0. The molecule has 0 saturated carbocycles. The molecule has 0 aliphatic heterocycles. The lowest BCUT2D eigenvalue weighted by atomic mass is 9.86. The summed E-state index contributed by atoms with van der Waals surface area (Å²) in [5.74, 6) is 1.10. The summed E-state index contributed by atoms with van der Waals surface area (Å²) in [7, 11) is 0. The van der Waals surface area contributed by atoms with Gasteiger partial charge in [-0.15, -0.1) is 0 Å². The molecule has 0 radical (unpaired) electrons. The van der Waals surface area contributed by atoms with Gasteiger partial charge >= 0.3 is 0 Å². The minimum absolute atomic E-state index is 0.940. The fourth-order valence-electron chi connectivity index (χ4n) is 7.90. The molecule has 10 rings (SSSR count). The summed E-state index contributed by atoms with van der Waals surface area (Å²) in [4.78, 5) is 2.36. The van der Waals surface area contributed by atoms with E-state index in [4.69, 9.17) is 4.42 Å². The maximum absolute atomic E-state index is 6.30. The second kappa shape index (κ2) is 12.6. The van der Waals surface area contributed by atoms with Crippen LogP contribution in [-0.2, 0) is 12.8 Å². The van der Waals surface area contributed by atoms with Crippen molar-refractivity contribution in [1.29, 1.82) is 0 Å². The summed E-state index contributed by atoms with van der Waals surface area (Å²) in [5.41, 5.74) is 15.4. The number of fused-ring (bicyclic) bond motifs is 6. The van der Waals surface area contributed by atoms with Gasteiger partial charge in [0.1, 0.15) is 11.3 Å². The lowest BCUT2D eigenvalue weighted by Gasteiger charge is -2.26. The van der Waals surface area contributed by atoms with Gasteiger partial charge in [-0.05, 0) is 116 Å². The molecular weight excluding hydrogens is 631 g/mol. The van der Waals surface area contributed by atoms with Crippen LogP contribution in [0.1, 0.15) is 11.3 Å². The van der Waals surface area contributed by atoms with Gasteiger partial charge < -0.3 is 9.32 Å². The molecule has 0 amide bonds. The predicted octanol–water partition coefficient (Wildman–Crippen LogP) is 13.8. The maximum Gasteiger partial charge on any atom is 0.134 e. The number of para-hydroxylation sites is 1. The fourth-order valence-corrected chi connectivity index (χ4v) is 7.90. The highest BCUT2D eigenvalue weighted by molar-refractivity contribution is 5.98. The Bertz CT molecular complexity index is 2720. The lowest BCUT2D eigenvalue weighted by Crippen LogP contribution is -2.10. The zero-order chi connectivity index (χ0) is 34.4. The molecule has 9 aromatic rings. The van der Waals surface area contributed by atoms with Gasteiger partial charge in [0.05, 0.1) is 0 Å². The molecule has 1 heterocycles. The predicted molar refractivity (Wildman–Crippen MR) is 218 cm³/mol. The number of aryl methyl sites for hydroxylation is 2. The summed E-state index contributed by atoms with van der Waals surface area (Å²) in [5, 5.41) is 3.69. The van der Waals surface area contributed by atoms with Crippen molar-refractivity contribution in [2.75, 3.05) is 4.90 Å². The Kier molecular flexibility index (Phi) is 7.32. The van der Waals surface area contributed by atoms with E-state index in [1.165, 1.54) is 66.2 Å². The summed E-state index contributed by atoms with van der Waals surface area (Å²) < 4.78 is 6.30. The molecule has 0 bridgehead atoms. The highest BCUT2D eigenvalue weighted by Gasteiger charge is 2.23. The SMILES string of the molecule is c1ccc(-c2ccc(N(c3ccc(-c4ccc5c(c4)-c4c(oc6ccccc46)CC5)cc3)c3cccc(-c4ccc5ccccc5c4)c3)cc2)cc1. The first-order chi connectivity index (χ1) is 25.7. The third-order valence-electron chi connectivity index (χ3n) is 10.5. The van der Waals surface area contributed by atoms with Crippen molar-refractivity contribution in [3.05, 3.63) is 199 Å². The van der Waals surface area contributed by atoms with Gasteiger partial charge in [0.2, 0.25) is 0 Å². The van der Waals surface area contributed by atoms with Crippen molar-refractivity contribution >= 4 is 38.8 Å². The van der Waals surface area contributed by atoms with Gasteiger partial charge in [-0.2, -0.15) is 0 Å². The normalized spacial score (nSPS) is 12.1. The number of benzene rings is 8. The Hall–Kier alpha value is -6.64. The third kappa shape index (κ3) is 5.37. The first kappa shape index (κ1) is 30.2. The van der Waals surface area contributed by atoms with E-state index >= 15 is 0 Å². The second-order valence-electron chi connectivity index (χ2n) is 13.7. The highest BCUT2D eigenvalue weighted by atomic mass is 16.3. The fraction of sp³-hybridized carbons (Fsp3) is 0.0400. The van der Waals surface area contributed by atoms with E-state index in [2.05, 4.69) is 193 Å². The molecular formula is C50H35NO. The van der Waals surface area contributed by atoms with Crippen LogP contribution in [0, 0.1) is 0 Å². The van der Waals surface area contributed by atoms with E-state index in [1.807, 2.05) is 0 Å². The van der Waals surface area contributed by atoms with Crippen LogP contribution in [0.3, 0.4) is 0 Å². The zero-order valence-electron chi connectivity index (χ0n) is 28.7. The highest BCUT2D eigenvalue weighted by Crippen LogP contribution is 2.43.